The van der Waals surface area contributed by atoms with Crippen molar-refractivity contribution in [1.82, 2.24) is 9.55 Å². The maximum Gasteiger partial charge on any atom is 0.0953 e. The summed E-state index contributed by atoms with van der Waals surface area (Å²) < 4.78 is 2.34. The van der Waals surface area contributed by atoms with E-state index in [-0.39, 0.29) is 5.54 Å². The van der Waals surface area contributed by atoms with Crippen LogP contribution in [0, 0.1) is 0 Å². The summed E-state index contributed by atoms with van der Waals surface area (Å²) in [7, 11) is 0. The molecule has 3 heteroatoms. The molecule has 0 bridgehead atoms. The molecule has 0 aromatic carbocycles. The van der Waals surface area contributed by atoms with Gasteiger partial charge in [0.2, 0.25) is 0 Å². The van der Waals surface area contributed by atoms with Crippen LogP contribution >= 0.6 is 0 Å². The molecule has 0 aliphatic carbocycles. The Hall–Kier alpha value is -0.830. The van der Waals surface area contributed by atoms with Gasteiger partial charge in [-0.2, -0.15) is 0 Å². The lowest BCUT2D eigenvalue weighted by Crippen LogP contribution is -2.41. The van der Waals surface area contributed by atoms with Gasteiger partial charge in [-0.3, -0.25) is 0 Å². The van der Waals surface area contributed by atoms with Crippen molar-refractivity contribution in [2.24, 2.45) is 5.73 Å². The van der Waals surface area contributed by atoms with Gasteiger partial charge in [0.25, 0.3) is 0 Å². The molecule has 0 atom stereocenters. The molecule has 3 nitrogen and oxygen atoms in total. The summed E-state index contributed by atoms with van der Waals surface area (Å²) >= 11 is 0. The Morgan fingerprint density at radius 1 is 1.24 bits per heavy atom. The summed E-state index contributed by atoms with van der Waals surface area (Å²) in [6.07, 6.45) is 8.43. The number of hydrogen-bond acceptors (Lipinski definition) is 2. The van der Waals surface area contributed by atoms with E-state index in [1.54, 1.807) is 0 Å². The average molecular weight is 237 g/mol. The zero-order chi connectivity index (χ0) is 12.9. The first-order chi connectivity index (χ1) is 8.18. The molecule has 0 saturated heterocycles. The number of nitrogens with zero attached hydrogens (tertiary/aromatic N) is 2. The molecule has 0 amide bonds. The second kappa shape index (κ2) is 6.20. The average Bonchev–Trinajstić information content (AvgIpc) is 2.84. The lowest BCUT2D eigenvalue weighted by molar-refractivity contribution is 0.259. The Bertz CT molecular complexity index is 314. The number of rotatable bonds is 7. The quantitative estimate of drug-likeness (QED) is 0.791. The van der Waals surface area contributed by atoms with Crippen molar-refractivity contribution in [2.75, 3.05) is 6.54 Å². The summed E-state index contributed by atoms with van der Waals surface area (Å²) in [5.41, 5.74) is 7.42. The zero-order valence-corrected chi connectivity index (χ0v) is 11.7. The predicted octanol–water partition coefficient (Wildman–Crippen LogP) is 3.26. The summed E-state index contributed by atoms with van der Waals surface area (Å²) in [6.45, 7) is 9.60. The SMILES string of the molecule is CCC(CC)c1cncn1C(CC)(CC)CN. The largest absolute Gasteiger partial charge is 0.328 e. The molecule has 1 rings (SSSR count). The molecule has 1 aromatic rings. The van der Waals surface area contributed by atoms with E-state index in [9.17, 15) is 0 Å². The summed E-state index contributed by atoms with van der Waals surface area (Å²) in [6, 6.07) is 0. The van der Waals surface area contributed by atoms with E-state index in [1.807, 2.05) is 12.5 Å². The molecule has 0 unspecified atom stereocenters. The van der Waals surface area contributed by atoms with Gasteiger partial charge in [-0.05, 0) is 25.7 Å². The number of imidazole rings is 1. The van der Waals surface area contributed by atoms with Crippen LogP contribution in [0.15, 0.2) is 12.5 Å². The van der Waals surface area contributed by atoms with Crippen molar-refractivity contribution in [3.05, 3.63) is 18.2 Å². The van der Waals surface area contributed by atoms with Crippen LogP contribution in [0.5, 0.6) is 0 Å². The van der Waals surface area contributed by atoms with Crippen molar-refractivity contribution in [1.29, 1.82) is 0 Å². The fourth-order valence-corrected chi connectivity index (χ4v) is 2.69. The second-order valence-electron chi connectivity index (χ2n) is 4.84. The van der Waals surface area contributed by atoms with Gasteiger partial charge in [-0.25, -0.2) is 4.98 Å². The van der Waals surface area contributed by atoms with Crippen LogP contribution in [0.25, 0.3) is 0 Å². The van der Waals surface area contributed by atoms with Crippen molar-refractivity contribution < 1.29 is 0 Å². The van der Waals surface area contributed by atoms with Crippen molar-refractivity contribution in [3.8, 4) is 0 Å². The third-order valence-electron chi connectivity index (χ3n) is 4.28. The molecular formula is C14H27N3. The normalized spacial score (nSPS) is 12.4. The number of aromatic nitrogens is 2. The van der Waals surface area contributed by atoms with Crippen LogP contribution in [0.4, 0.5) is 0 Å². The van der Waals surface area contributed by atoms with E-state index in [0.29, 0.717) is 12.5 Å². The monoisotopic (exact) mass is 237 g/mol. The Kier molecular flexibility index (Phi) is 5.19. The molecule has 0 radical (unpaired) electrons. The molecule has 0 saturated carbocycles. The van der Waals surface area contributed by atoms with Crippen molar-refractivity contribution in [2.45, 2.75) is 64.8 Å². The minimum Gasteiger partial charge on any atom is -0.328 e. The van der Waals surface area contributed by atoms with E-state index in [1.165, 1.54) is 5.69 Å². The lowest BCUT2D eigenvalue weighted by Gasteiger charge is -2.35. The van der Waals surface area contributed by atoms with Gasteiger partial charge in [0, 0.05) is 24.4 Å². The number of nitrogens with two attached hydrogens (primary N) is 1. The van der Waals surface area contributed by atoms with Crippen LogP contribution in [-0.2, 0) is 5.54 Å². The molecular weight excluding hydrogens is 210 g/mol. The smallest absolute Gasteiger partial charge is 0.0953 e. The Morgan fingerprint density at radius 2 is 1.82 bits per heavy atom. The molecule has 2 N–H and O–H groups in total. The van der Waals surface area contributed by atoms with Gasteiger partial charge in [0.1, 0.15) is 0 Å². The minimum absolute atomic E-state index is 0.0500. The Morgan fingerprint density at radius 3 is 2.24 bits per heavy atom. The van der Waals surface area contributed by atoms with Crippen molar-refractivity contribution in [3.63, 3.8) is 0 Å². The summed E-state index contributed by atoms with van der Waals surface area (Å²) in [5.74, 6) is 0.599. The van der Waals surface area contributed by atoms with E-state index in [2.05, 4.69) is 37.2 Å². The molecule has 1 aromatic heterocycles. The van der Waals surface area contributed by atoms with Crippen LogP contribution in [0.1, 0.15) is 65.0 Å². The molecule has 98 valence electrons. The van der Waals surface area contributed by atoms with Crippen LogP contribution in [-0.4, -0.2) is 16.1 Å². The van der Waals surface area contributed by atoms with Gasteiger partial charge in [-0.1, -0.05) is 27.7 Å². The first-order valence-corrected chi connectivity index (χ1v) is 6.91. The summed E-state index contributed by atoms with van der Waals surface area (Å²) in [5, 5.41) is 0. The van der Waals surface area contributed by atoms with E-state index in [4.69, 9.17) is 5.73 Å². The van der Waals surface area contributed by atoms with E-state index < -0.39 is 0 Å². The predicted molar refractivity (Wildman–Crippen MR) is 73.2 cm³/mol. The van der Waals surface area contributed by atoms with Gasteiger partial charge >= 0.3 is 0 Å². The third kappa shape index (κ3) is 2.54. The first-order valence-electron chi connectivity index (χ1n) is 6.91. The fraction of sp³-hybridized carbons (Fsp3) is 0.786. The third-order valence-corrected chi connectivity index (χ3v) is 4.28. The molecule has 17 heavy (non-hydrogen) atoms. The molecule has 1 heterocycles. The van der Waals surface area contributed by atoms with E-state index in [0.717, 1.165) is 25.7 Å². The number of hydrogen-bond donors (Lipinski definition) is 1. The molecule has 0 aliphatic rings. The highest BCUT2D eigenvalue weighted by atomic mass is 15.1. The highest BCUT2D eigenvalue weighted by Crippen LogP contribution is 2.31. The fourth-order valence-electron chi connectivity index (χ4n) is 2.69. The maximum absolute atomic E-state index is 6.02. The van der Waals surface area contributed by atoms with E-state index >= 15 is 0 Å². The highest BCUT2D eigenvalue weighted by molar-refractivity contribution is 5.10. The van der Waals surface area contributed by atoms with Gasteiger partial charge in [0.15, 0.2) is 0 Å². The van der Waals surface area contributed by atoms with Crippen LogP contribution in [0.3, 0.4) is 0 Å². The standard InChI is InChI=1S/C14H27N3/c1-5-12(6-2)13-9-16-11-17(13)14(7-3,8-4)10-15/h9,11-12H,5-8,10,15H2,1-4H3. The molecule has 0 fully saturated rings. The Labute approximate surface area is 105 Å². The topological polar surface area (TPSA) is 43.8 Å². The highest BCUT2D eigenvalue weighted by Gasteiger charge is 2.29. The Balaban J connectivity index is 3.17. The van der Waals surface area contributed by atoms with Gasteiger partial charge in [0.05, 0.1) is 11.9 Å². The first kappa shape index (κ1) is 14.2. The molecule has 0 spiro atoms. The maximum atomic E-state index is 6.02. The summed E-state index contributed by atoms with van der Waals surface area (Å²) in [4.78, 5) is 4.36. The van der Waals surface area contributed by atoms with Crippen molar-refractivity contribution >= 4 is 0 Å². The second-order valence-corrected chi connectivity index (χ2v) is 4.84. The molecule has 0 aliphatic heterocycles. The zero-order valence-electron chi connectivity index (χ0n) is 11.7. The van der Waals surface area contributed by atoms with Crippen LogP contribution in [0.2, 0.25) is 0 Å². The van der Waals surface area contributed by atoms with Gasteiger partial charge < -0.3 is 10.3 Å². The van der Waals surface area contributed by atoms with Crippen LogP contribution < -0.4 is 5.73 Å². The lowest BCUT2D eigenvalue weighted by atomic mass is 9.90. The minimum atomic E-state index is 0.0500. The van der Waals surface area contributed by atoms with Gasteiger partial charge in [-0.15, -0.1) is 0 Å².